The Morgan fingerprint density at radius 1 is 1.57 bits per heavy atom. The molecule has 2 heterocycles. The molecule has 2 amide bonds. The maximum Gasteiger partial charge on any atom is 0.341 e. The van der Waals surface area contributed by atoms with E-state index in [2.05, 4.69) is 15.6 Å². The zero-order chi connectivity index (χ0) is 10.1. The first-order chi connectivity index (χ1) is 6.72. The van der Waals surface area contributed by atoms with Crippen molar-refractivity contribution in [3.8, 4) is 0 Å². The third-order valence-corrected chi connectivity index (χ3v) is 2.81. The Balaban J connectivity index is 2.17. The van der Waals surface area contributed by atoms with E-state index in [0.717, 1.165) is 5.01 Å². The fraction of sp³-hybridized carbons (Fsp3) is 0.571. The summed E-state index contributed by atoms with van der Waals surface area (Å²) in [6.45, 7) is 4.90. The number of carbonyl (C=O) groups is 1. The van der Waals surface area contributed by atoms with E-state index in [1.165, 1.54) is 11.3 Å². The van der Waals surface area contributed by atoms with Crippen LogP contribution in [0.25, 0.3) is 0 Å². The molecule has 0 atom stereocenters. The minimum absolute atomic E-state index is 0.0661. The maximum atomic E-state index is 11.7. The molecule has 2 rings (SSSR count). The second-order valence-corrected chi connectivity index (χ2v) is 4.03. The number of anilines is 1. The maximum absolute atomic E-state index is 11.7. The Kier molecular flexibility index (Phi) is 2.34. The van der Waals surface area contributed by atoms with Crippen LogP contribution in [0.4, 0.5) is 9.93 Å². The molecule has 1 aliphatic heterocycles. The van der Waals surface area contributed by atoms with E-state index in [1.807, 2.05) is 13.8 Å². The molecule has 1 aliphatic rings. The smallest absolute Gasteiger partial charge is 0.258 e. The molecule has 0 saturated carbocycles. The van der Waals surface area contributed by atoms with Crippen molar-refractivity contribution < 1.29 is 4.79 Å². The molecule has 1 aromatic heterocycles. The molecular weight excluding hydrogens is 202 g/mol. The van der Waals surface area contributed by atoms with Crippen molar-refractivity contribution in [2.75, 3.05) is 18.1 Å². The molecule has 0 radical (unpaired) electrons. The van der Waals surface area contributed by atoms with Crippen molar-refractivity contribution in [1.29, 1.82) is 0 Å². The number of aromatic nitrogens is 2. The number of aryl methyl sites for hydroxylation is 1. The van der Waals surface area contributed by atoms with Crippen LogP contribution in [0, 0.1) is 6.92 Å². The van der Waals surface area contributed by atoms with Crippen LogP contribution < -0.4 is 10.3 Å². The molecule has 0 aliphatic carbocycles. The SMILES string of the molecule is CCN1NCN(c2nnc(C)s2)C1=O. The van der Waals surface area contributed by atoms with Gasteiger partial charge in [-0.2, -0.15) is 0 Å². The minimum Gasteiger partial charge on any atom is -0.258 e. The van der Waals surface area contributed by atoms with E-state index in [4.69, 9.17) is 0 Å². The first-order valence-corrected chi connectivity index (χ1v) is 5.16. The predicted molar refractivity (Wildman–Crippen MR) is 52.9 cm³/mol. The molecule has 0 bridgehead atoms. The lowest BCUT2D eigenvalue weighted by molar-refractivity contribution is 0.207. The van der Waals surface area contributed by atoms with Gasteiger partial charge in [0.25, 0.3) is 0 Å². The summed E-state index contributed by atoms with van der Waals surface area (Å²) >= 11 is 1.42. The number of carbonyl (C=O) groups excluding carboxylic acids is 1. The molecule has 1 fully saturated rings. The Morgan fingerprint density at radius 2 is 2.36 bits per heavy atom. The molecule has 0 aromatic carbocycles. The Bertz CT molecular complexity index is 352. The van der Waals surface area contributed by atoms with Gasteiger partial charge in [0, 0.05) is 6.54 Å². The summed E-state index contributed by atoms with van der Waals surface area (Å²) in [4.78, 5) is 13.3. The highest BCUT2D eigenvalue weighted by atomic mass is 32.1. The zero-order valence-electron chi connectivity index (χ0n) is 8.02. The normalized spacial score (nSPS) is 16.9. The second-order valence-electron chi connectivity index (χ2n) is 2.87. The lowest BCUT2D eigenvalue weighted by Crippen LogP contribution is -2.34. The lowest BCUT2D eigenvalue weighted by Gasteiger charge is -2.12. The number of urea groups is 1. The van der Waals surface area contributed by atoms with Gasteiger partial charge >= 0.3 is 6.03 Å². The third-order valence-electron chi connectivity index (χ3n) is 1.94. The molecule has 0 spiro atoms. The first kappa shape index (κ1) is 9.35. The molecule has 76 valence electrons. The van der Waals surface area contributed by atoms with Crippen molar-refractivity contribution >= 4 is 22.5 Å². The van der Waals surface area contributed by atoms with Crippen molar-refractivity contribution in [2.45, 2.75) is 13.8 Å². The zero-order valence-corrected chi connectivity index (χ0v) is 8.84. The highest BCUT2D eigenvalue weighted by molar-refractivity contribution is 7.15. The Labute approximate surface area is 85.5 Å². The van der Waals surface area contributed by atoms with Crippen LogP contribution in [0.15, 0.2) is 0 Å². The van der Waals surface area contributed by atoms with Gasteiger partial charge in [0.05, 0.1) is 6.67 Å². The van der Waals surface area contributed by atoms with Gasteiger partial charge in [-0.25, -0.2) is 10.2 Å². The standard InChI is InChI=1S/C7H11N5OS/c1-3-12-7(13)11(4-8-12)6-10-9-5(2)14-6/h8H,3-4H2,1-2H3. The molecule has 1 aromatic rings. The van der Waals surface area contributed by atoms with Crippen LogP contribution in [0.1, 0.15) is 11.9 Å². The highest BCUT2D eigenvalue weighted by Gasteiger charge is 2.30. The molecule has 1 N–H and O–H groups in total. The van der Waals surface area contributed by atoms with Gasteiger partial charge in [0.1, 0.15) is 5.01 Å². The van der Waals surface area contributed by atoms with E-state index in [-0.39, 0.29) is 6.03 Å². The van der Waals surface area contributed by atoms with Crippen LogP contribution in [-0.2, 0) is 0 Å². The first-order valence-electron chi connectivity index (χ1n) is 4.35. The van der Waals surface area contributed by atoms with Crippen LogP contribution in [0.2, 0.25) is 0 Å². The van der Waals surface area contributed by atoms with Gasteiger partial charge in [-0.15, -0.1) is 10.2 Å². The fourth-order valence-electron chi connectivity index (χ4n) is 1.23. The lowest BCUT2D eigenvalue weighted by atomic mass is 10.7. The van der Waals surface area contributed by atoms with Gasteiger partial charge in [-0.3, -0.25) is 9.91 Å². The molecule has 7 heteroatoms. The predicted octanol–water partition coefficient (Wildman–Crippen LogP) is 0.571. The van der Waals surface area contributed by atoms with Gasteiger partial charge in [-0.05, 0) is 13.8 Å². The average molecular weight is 213 g/mol. The minimum atomic E-state index is -0.0661. The Morgan fingerprint density at radius 3 is 2.86 bits per heavy atom. The van der Waals surface area contributed by atoms with Gasteiger partial charge in [-0.1, -0.05) is 11.3 Å². The van der Waals surface area contributed by atoms with Gasteiger partial charge in [0.2, 0.25) is 5.13 Å². The summed E-state index contributed by atoms with van der Waals surface area (Å²) < 4.78 is 0. The summed E-state index contributed by atoms with van der Waals surface area (Å²) in [6, 6.07) is -0.0661. The number of amides is 2. The van der Waals surface area contributed by atoms with Crippen LogP contribution >= 0.6 is 11.3 Å². The van der Waals surface area contributed by atoms with Crippen LogP contribution in [0.3, 0.4) is 0 Å². The summed E-state index contributed by atoms with van der Waals surface area (Å²) in [5.74, 6) is 0. The molecular formula is C7H11N5OS. The van der Waals surface area contributed by atoms with E-state index >= 15 is 0 Å². The summed E-state index contributed by atoms with van der Waals surface area (Å²) in [5, 5.41) is 10.9. The molecule has 6 nitrogen and oxygen atoms in total. The van der Waals surface area contributed by atoms with Crippen molar-refractivity contribution in [3.05, 3.63) is 5.01 Å². The van der Waals surface area contributed by atoms with E-state index in [0.29, 0.717) is 18.3 Å². The van der Waals surface area contributed by atoms with Gasteiger partial charge < -0.3 is 0 Å². The van der Waals surface area contributed by atoms with Crippen LogP contribution in [0.5, 0.6) is 0 Å². The number of rotatable bonds is 2. The molecule has 1 saturated heterocycles. The number of nitrogens with one attached hydrogen (secondary N) is 1. The van der Waals surface area contributed by atoms with Crippen LogP contribution in [-0.4, -0.2) is 34.5 Å². The van der Waals surface area contributed by atoms with E-state index in [9.17, 15) is 4.79 Å². The molecule has 0 unspecified atom stereocenters. The van der Waals surface area contributed by atoms with Crippen molar-refractivity contribution in [1.82, 2.24) is 20.6 Å². The monoisotopic (exact) mass is 213 g/mol. The number of hydrogen-bond acceptors (Lipinski definition) is 5. The fourth-order valence-corrected chi connectivity index (χ4v) is 1.91. The topological polar surface area (TPSA) is 61.4 Å². The summed E-state index contributed by atoms with van der Waals surface area (Å²) in [6.07, 6.45) is 0. The average Bonchev–Trinajstić information content (AvgIpc) is 2.72. The van der Waals surface area contributed by atoms with Crippen molar-refractivity contribution in [3.63, 3.8) is 0 Å². The quantitative estimate of drug-likeness (QED) is 0.780. The molecule has 14 heavy (non-hydrogen) atoms. The number of hydrazine groups is 1. The highest BCUT2D eigenvalue weighted by Crippen LogP contribution is 2.21. The third kappa shape index (κ3) is 1.44. The Hall–Kier alpha value is -1.21. The van der Waals surface area contributed by atoms with E-state index in [1.54, 1.807) is 9.91 Å². The van der Waals surface area contributed by atoms with Crippen molar-refractivity contribution in [2.24, 2.45) is 0 Å². The van der Waals surface area contributed by atoms with E-state index < -0.39 is 0 Å². The summed E-state index contributed by atoms with van der Waals surface area (Å²) in [7, 11) is 0. The second kappa shape index (κ2) is 3.50. The van der Waals surface area contributed by atoms with Gasteiger partial charge in [0.15, 0.2) is 0 Å². The number of hydrogen-bond donors (Lipinski definition) is 1. The summed E-state index contributed by atoms with van der Waals surface area (Å²) in [5.41, 5.74) is 2.96. The largest absolute Gasteiger partial charge is 0.341 e. The number of nitrogens with zero attached hydrogens (tertiary/aromatic N) is 4.